The van der Waals surface area contributed by atoms with Crippen LogP contribution in [0.25, 0.3) is 0 Å². The number of ether oxygens (including phenoxy) is 2. The van der Waals surface area contributed by atoms with Gasteiger partial charge < -0.3 is 30.3 Å². The molecule has 0 aliphatic carbocycles. The number of aryl methyl sites for hydroxylation is 1. The number of amides is 1. The zero-order chi connectivity index (χ0) is 40.6. The number of hydrogen-bond donors (Lipinski definition) is 2. The first-order valence-corrected chi connectivity index (χ1v) is 18.6. The van der Waals surface area contributed by atoms with Crippen molar-refractivity contribution in [3.63, 3.8) is 0 Å². The van der Waals surface area contributed by atoms with E-state index in [9.17, 15) is 22.4 Å². The molecule has 3 aromatic heterocycles. The van der Waals surface area contributed by atoms with Gasteiger partial charge in [-0.1, -0.05) is 6.07 Å². The zero-order valence-electron chi connectivity index (χ0n) is 31.6. The molecule has 2 aliphatic rings. The zero-order valence-corrected chi connectivity index (χ0v) is 31.6. The standard InChI is InChI=1S/C37H36F3N7O3.C5H5FN2/c1-25-16-31(46-14-12-45(13-15-46)30-6-2-27(3-7-30)36(48)44-35-11-5-29(39)19-42-35)8-10-34(25)49-20-26-18-37(50-21-26,22-47-24-41-23-43-47)32-9-4-28(38)17-33(32)40;6-4-1-2-5(7)8-3-4/h2-11,16-17,19,23-24,26H,12-15,18,20-22H2,1H3,(H,42,44,48);1-3H,(H2,7,8)/t26-,37+;/m1./s1. The fourth-order valence-corrected chi connectivity index (χ4v) is 7.06. The molecular weight excluding hydrogens is 755 g/mol. The van der Waals surface area contributed by atoms with Gasteiger partial charge in [-0.25, -0.2) is 37.2 Å². The van der Waals surface area contributed by atoms with E-state index < -0.39 is 23.1 Å². The number of nitrogen functional groups attached to an aromatic ring is 1. The van der Waals surface area contributed by atoms with E-state index >= 15 is 0 Å². The van der Waals surface area contributed by atoms with Gasteiger partial charge in [0.2, 0.25) is 0 Å². The third-order valence-corrected chi connectivity index (χ3v) is 10.0. The number of rotatable bonds is 10. The average molecular weight is 796 g/mol. The fraction of sp³-hybridized carbons (Fsp3) is 0.262. The van der Waals surface area contributed by atoms with Crippen molar-refractivity contribution in [2.75, 3.05) is 60.2 Å². The van der Waals surface area contributed by atoms with Gasteiger partial charge in [0.1, 0.15) is 58.9 Å². The van der Waals surface area contributed by atoms with Gasteiger partial charge in [0.15, 0.2) is 0 Å². The summed E-state index contributed by atoms with van der Waals surface area (Å²) in [4.78, 5) is 28.6. The second-order valence-electron chi connectivity index (χ2n) is 14.1. The summed E-state index contributed by atoms with van der Waals surface area (Å²) in [6, 6.07) is 22.5. The number of anilines is 4. The predicted octanol–water partition coefficient (Wildman–Crippen LogP) is 6.79. The first-order chi connectivity index (χ1) is 28.0. The van der Waals surface area contributed by atoms with E-state index in [-0.39, 0.29) is 30.0 Å². The lowest BCUT2D eigenvalue weighted by Gasteiger charge is -2.37. The van der Waals surface area contributed by atoms with Crippen molar-refractivity contribution in [1.29, 1.82) is 0 Å². The van der Waals surface area contributed by atoms with Crippen molar-refractivity contribution < 1.29 is 31.8 Å². The second kappa shape index (κ2) is 17.7. The molecule has 2 saturated heterocycles. The Balaban J connectivity index is 0.000000573. The van der Waals surface area contributed by atoms with Crippen LogP contribution in [-0.4, -0.2) is 70.0 Å². The second-order valence-corrected chi connectivity index (χ2v) is 14.1. The van der Waals surface area contributed by atoms with E-state index in [0.717, 1.165) is 67.3 Å². The lowest BCUT2D eigenvalue weighted by molar-refractivity contribution is -0.0206. The molecule has 0 spiro atoms. The Bertz CT molecular complexity index is 2270. The summed E-state index contributed by atoms with van der Waals surface area (Å²) in [7, 11) is 0. The molecular formula is C42H41F4N9O3. The molecule has 0 radical (unpaired) electrons. The van der Waals surface area contributed by atoms with Gasteiger partial charge in [0.25, 0.3) is 5.91 Å². The third kappa shape index (κ3) is 9.69. The van der Waals surface area contributed by atoms with E-state index in [0.29, 0.717) is 36.6 Å². The number of nitrogens with zero attached hydrogens (tertiary/aromatic N) is 7. The van der Waals surface area contributed by atoms with Gasteiger partial charge in [-0.2, -0.15) is 5.10 Å². The van der Waals surface area contributed by atoms with Crippen LogP contribution in [0.5, 0.6) is 5.75 Å². The maximum atomic E-state index is 15.0. The molecule has 2 fully saturated rings. The minimum absolute atomic E-state index is 0.0228. The molecule has 8 rings (SSSR count). The van der Waals surface area contributed by atoms with Gasteiger partial charge in [0.05, 0.1) is 32.2 Å². The lowest BCUT2D eigenvalue weighted by atomic mass is 9.87. The monoisotopic (exact) mass is 795 g/mol. The van der Waals surface area contributed by atoms with Crippen LogP contribution in [0.2, 0.25) is 0 Å². The van der Waals surface area contributed by atoms with E-state index in [1.54, 1.807) is 23.1 Å². The van der Waals surface area contributed by atoms with E-state index in [1.165, 1.54) is 42.7 Å². The van der Waals surface area contributed by atoms with E-state index in [1.807, 2.05) is 25.1 Å². The summed E-state index contributed by atoms with van der Waals surface area (Å²) < 4.78 is 67.9. The highest BCUT2D eigenvalue weighted by atomic mass is 19.1. The number of hydrogen-bond acceptors (Lipinski definition) is 10. The number of nitrogens with one attached hydrogen (secondary N) is 1. The Morgan fingerprint density at radius 2 is 1.55 bits per heavy atom. The molecule has 2 atom stereocenters. The van der Waals surface area contributed by atoms with E-state index in [2.05, 4.69) is 47.3 Å². The average Bonchev–Trinajstić information content (AvgIpc) is 3.90. The maximum Gasteiger partial charge on any atom is 0.256 e. The third-order valence-electron chi connectivity index (χ3n) is 10.0. The van der Waals surface area contributed by atoms with Crippen molar-refractivity contribution in [3.05, 3.63) is 150 Å². The van der Waals surface area contributed by atoms with Gasteiger partial charge in [-0.3, -0.25) is 4.79 Å². The number of halogens is 4. The smallest absolute Gasteiger partial charge is 0.256 e. The van der Waals surface area contributed by atoms with Gasteiger partial charge >= 0.3 is 0 Å². The number of benzene rings is 3. The normalized spacial score (nSPS) is 17.7. The Kier molecular flexibility index (Phi) is 12.1. The van der Waals surface area contributed by atoms with Gasteiger partial charge in [-0.05, 0) is 91.7 Å². The highest BCUT2D eigenvalue weighted by Crippen LogP contribution is 2.42. The molecule has 5 heterocycles. The molecule has 0 bridgehead atoms. The molecule has 0 unspecified atom stereocenters. The van der Waals surface area contributed by atoms with E-state index in [4.69, 9.17) is 15.2 Å². The fourth-order valence-electron chi connectivity index (χ4n) is 7.06. The topological polar surface area (TPSA) is 137 Å². The highest BCUT2D eigenvalue weighted by molar-refractivity contribution is 6.03. The minimum Gasteiger partial charge on any atom is -0.493 e. The maximum absolute atomic E-state index is 15.0. The van der Waals surface area contributed by atoms with Crippen molar-refractivity contribution in [3.8, 4) is 5.75 Å². The lowest BCUT2D eigenvalue weighted by Crippen LogP contribution is -2.46. The predicted molar refractivity (Wildman–Crippen MR) is 210 cm³/mol. The number of carbonyl (C=O) groups is 1. The van der Waals surface area contributed by atoms with Crippen molar-refractivity contribution in [2.45, 2.75) is 25.5 Å². The van der Waals surface area contributed by atoms with Crippen LogP contribution in [0.4, 0.5) is 40.6 Å². The summed E-state index contributed by atoms with van der Waals surface area (Å²) in [5.41, 5.74) is 8.05. The Morgan fingerprint density at radius 3 is 2.17 bits per heavy atom. The van der Waals surface area contributed by atoms with Crippen molar-refractivity contribution in [1.82, 2.24) is 24.7 Å². The van der Waals surface area contributed by atoms with Gasteiger partial charge in [-0.15, -0.1) is 0 Å². The molecule has 16 heteroatoms. The Morgan fingerprint density at radius 1 is 0.862 bits per heavy atom. The molecule has 3 N–H and O–H groups in total. The molecule has 3 aromatic carbocycles. The summed E-state index contributed by atoms with van der Waals surface area (Å²) in [5.74, 6) is -1.05. The first-order valence-electron chi connectivity index (χ1n) is 18.6. The van der Waals surface area contributed by atoms with Crippen LogP contribution < -0.4 is 25.6 Å². The largest absolute Gasteiger partial charge is 0.493 e. The molecule has 300 valence electrons. The van der Waals surface area contributed by atoms with Crippen LogP contribution >= 0.6 is 0 Å². The molecule has 1 amide bonds. The van der Waals surface area contributed by atoms with Crippen molar-refractivity contribution in [2.24, 2.45) is 5.92 Å². The van der Waals surface area contributed by atoms with Gasteiger partial charge in [0, 0.05) is 60.7 Å². The number of pyridine rings is 2. The molecule has 2 aliphatic heterocycles. The SMILES string of the molecule is Cc1cc(N2CCN(c3ccc(C(=O)Nc4ccc(F)cn4)cc3)CC2)ccc1OC[C@@H]1CO[C@@](Cn2cncn2)(c2ccc(F)cc2F)C1.Nc1ccc(F)cn1. The van der Waals surface area contributed by atoms with Crippen molar-refractivity contribution >= 4 is 28.9 Å². The summed E-state index contributed by atoms with van der Waals surface area (Å²) in [6.45, 7) is 6.28. The summed E-state index contributed by atoms with van der Waals surface area (Å²) >= 11 is 0. The first kappa shape index (κ1) is 39.7. The number of carbonyl (C=O) groups excluding carboxylic acids is 1. The van der Waals surface area contributed by atoms with Crippen LogP contribution in [0.1, 0.15) is 27.9 Å². The molecule has 58 heavy (non-hydrogen) atoms. The molecule has 6 aromatic rings. The Labute approximate surface area is 332 Å². The van der Waals surface area contributed by atoms with Crippen LogP contribution in [0.15, 0.2) is 110 Å². The quantitative estimate of drug-likeness (QED) is 0.143. The molecule has 12 nitrogen and oxygen atoms in total. The highest BCUT2D eigenvalue weighted by Gasteiger charge is 2.44. The molecule has 0 saturated carbocycles. The summed E-state index contributed by atoms with van der Waals surface area (Å²) in [5, 5.41) is 6.86. The van der Waals surface area contributed by atoms with Crippen LogP contribution in [0.3, 0.4) is 0 Å². The number of piperazine rings is 1. The number of nitrogens with two attached hydrogens (primary N) is 1. The number of aromatic nitrogens is 5. The van der Waals surface area contributed by atoms with Crippen LogP contribution in [-0.2, 0) is 16.9 Å². The van der Waals surface area contributed by atoms with Crippen LogP contribution in [0, 0.1) is 36.1 Å². The summed E-state index contributed by atoms with van der Waals surface area (Å²) in [6.07, 6.45) is 5.58. The minimum atomic E-state index is -1.03. The Hall–Kier alpha value is -6.55.